The lowest BCUT2D eigenvalue weighted by Crippen LogP contribution is -2.61. The van der Waals surface area contributed by atoms with Gasteiger partial charge in [-0.05, 0) is 44.1 Å². The Bertz CT molecular complexity index is 748. The van der Waals surface area contributed by atoms with Gasteiger partial charge in [0.1, 0.15) is 17.1 Å². The van der Waals surface area contributed by atoms with Gasteiger partial charge in [0, 0.05) is 36.2 Å². The van der Waals surface area contributed by atoms with E-state index in [1.165, 1.54) is 31.5 Å². The maximum absolute atomic E-state index is 6.38. The minimum atomic E-state index is -0.0456. The molecule has 4 aliphatic rings. The number of piperidine rings is 3. The maximum Gasteiger partial charge on any atom is 0.217 e. The van der Waals surface area contributed by atoms with E-state index in [0.29, 0.717) is 12.5 Å². The Kier molecular flexibility index (Phi) is 2.85. The Morgan fingerprint density at radius 2 is 2.17 bits per heavy atom. The molecule has 6 rings (SSSR count). The molecule has 1 unspecified atom stereocenters. The van der Waals surface area contributed by atoms with E-state index < -0.39 is 0 Å². The van der Waals surface area contributed by atoms with E-state index in [1.54, 1.807) is 0 Å². The van der Waals surface area contributed by atoms with Crippen LogP contribution in [0.1, 0.15) is 24.2 Å². The fraction of sp³-hybridized carbons (Fsp3) is 0.500. The van der Waals surface area contributed by atoms with E-state index >= 15 is 0 Å². The molecule has 1 spiro atoms. The molecule has 4 aliphatic heterocycles. The molecule has 2 aromatic rings. The van der Waals surface area contributed by atoms with Crippen LogP contribution in [0.15, 0.2) is 28.8 Å². The van der Waals surface area contributed by atoms with Gasteiger partial charge in [0.25, 0.3) is 0 Å². The molecule has 0 aliphatic carbocycles. The lowest BCUT2D eigenvalue weighted by atomic mass is 9.73. The van der Waals surface area contributed by atoms with Gasteiger partial charge in [-0.2, -0.15) is 0 Å². The Balaban J connectivity index is 1.47. The predicted octanol–water partition coefficient (Wildman–Crippen LogP) is 2.20. The first-order valence-electron chi connectivity index (χ1n) is 8.45. The number of aromatic nitrogens is 1. The predicted molar refractivity (Wildman–Crippen MR) is 86.1 cm³/mol. The minimum absolute atomic E-state index is 0.0456. The minimum Gasteiger partial charge on any atom is -0.469 e. The van der Waals surface area contributed by atoms with Crippen molar-refractivity contribution < 1.29 is 9.15 Å². The van der Waals surface area contributed by atoms with E-state index in [1.807, 2.05) is 18.3 Å². The van der Waals surface area contributed by atoms with Crippen molar-refractivity contribution in [1.29, 1.82) is 0 Å². The zero-order valence-corrected chi connectivity index (χ0v) is 13.1. The van der Waals surface area contributed by atoms with Crippen LogP contribution in [-0.2, 0) is 13.0 Å². The molecule has 0 amide bonds. The number of hydrogen-bond donors (Lipinski definition) is 1. The second kappa shape index (κ2) is 4.82. The topological polar surface area (TPSA) is 64.5 Å². The number of hydrogen-bond acceptors (Lipinski definition) is 5. The van der Waals surface area contributed by atoms with E-state index in [4.69, 9.17) is 14.9 Å². The normalized spacial score (nSPS) is 31.3. The summed E-state index contributed by atoms with van der Waals surface area (Å²) in [6.07, 6.45) is 5.31. The quantitative estimate of drug-likeness (QED) is 0.921. The standard InChI is InChI=1S/C18H21N3O2/c19-9-15-1-2-16(22-15)13-7-12-8-18(23-17(12)20-10-13)11-21-5-3-14(18)4-6-21/h1-2,7,10,14H,3-6,8-9,11,19H2. The van der Waals surface area contributed by atoms with Crippen LogP contribution in [0.3, 0.4) is 0 Å². The lowest BCUT2D eigenvalue weighted by molar-refractivity contribution is -0.0814. The molecule has 3 saturated heterocycles. The third-order valence-electron chi connectivity index (χ3n) is 5.69. The molecular weight excluding hydrogens is 290 g/mol. The molecule has 2 bridgehead atoms. The van der Waals surface area contributed by atoms with Crippen molar-refractivity contribution in [3.63, 3.8) is 0 Å². The van der Waals surface area contributed by atoms with Gasteiger partial charge >= 0.3 is 0 Å². The molecular formula is C18H21N3O2. The van der Waals surface area contributed by atoms with Gasteiger partial charge in [-0.25, -0.2) is 4.98 Å². The first-order valence-corrected chi connectivity index (χ1v) is 8.45. The average molecular weight is 311 g/mol. The fourth-order valence-corrected chi connectivity index (χ4v) is 4.49. The first-order chi connectivity index (χ1) is 11.3. The summed E-state index contributed by atoms with van der Waals surface area (Å²) < 4.78 is 12.1. The zero-order valence-electron chi connectivity index (χ0n) is 13.1. The van der Waals surface area contributed by atoms with Crippen LogP contribution >= 0.6 is 0 Å². The monoisotopic (exact) mass is 311 g/mol. The molecule has 0 radical (unpaired) electrons. The highest BCUT2D eigenvalue weighted by Crippen LogP contribution is 2.46. The molecule has 6 heterocycles. The van der Waals surface area contributed by atoms with Gasteiger partial charge in [0.15, 0.2) is 0 Å². The van der Waals surface area contributed by atoms with E-state index in [9.17, 15) is 0 Å². The van der Waals surface area contributed by atoms with Gasteiger partial charge in [-0.15, -0.1) is 0 Å². The second-order valence-corrected chi connectivity index (χ2v) is 7.05. The van der Waals surface area contributed by atoms with Gasteiger partial charge in [0.05, 0.1) is 6.54 Å². The van der Waals surface area contributed by atoms with Crippen molar-refractivity contribution in [3.8, 4) is 17.2 Å². The van der Waals surface area contributed by atoms with Gasteiger partial charge in [0.2, 0.25) is 5.88 Å². The molecule has 2 N–H and O–H groups in total. The number of pyridine rings is 1. The molecule has 0 saturated carbocycles. The van der Waals surface area contributed by atoms with Gasteiger partial charge in [-0.1, -0.05) is 0 Å². The molecule has 23 heavy (non-hydrogen) atoms. The summed E-state index contributed by atoms with van der Waals surface area (Å²) >= 11 is 0. The van der Waals surface area contributed by atoms with Crippen molar-refractivity contribution in [3.05, 3.63) is 35.7 Å². The summed E-state index contributed by atoms with van der Waals surface area (Å²) in [5, 5.41) is 0. The van der Waals surface area contributed by atoms with Crippen LogP contribution in [0.4, 0.5) is 0 Å². The zero-order chi connectivity index (χ0) is 15.4. The van der Waals surface area contributed by atoms with Crippen LogP contribution in [0.2, 0.25) is 0 Å². The third-order valence-corrected chi connectivity index (χ3v) is 5.69. The van der Waals surface area contributed by atoms with Crippen molar-refractivity contribution >= 4 is 0 Å². The van der Waals surface area contributed by atoms with Crippen molar-refractivity contribution in [2.75, 3.05) is 19.6 Å². The number of ether oxygens (including phenoxy) is 1. The van der Waals surface area contributed by atoms with Crippen LogP contribution in [0.25, 0.3) is 11.3 Å². The fourth-order valence-electron chi connectivity index (χ4n) is 4.49. The second-order valence-electron chi connectivity index (χ2n) is 7.05. The number of fused-ring (bicyclic) bond motifs is 3. The van der Waals surface area contributed by atoms with Crippen LogP contribution < -0.4 is 10.5 Å². The van der Waals surface area contributed by atoms with Crippen molar-refractivity contribution in [1.82, 2.24) is 9.88 Å². The van der Waals surface area contributed by atoms with Crippen LogP contribution in [0.5, 0.6) is 5.88 Å². The van der Waals surface area contributed by atoms with Crippen LogP contribution in [-0.4, -0.2) is 35.1 Å². The Hall–Kier alpha value is -1.85. The largest absolute Gasteiger partial charge is 0.469 e. The Morgan fingerprint density at radius 3 is 2.87 bits per heavy atom. The molecule has 120 valence electrons. The summed E-state index contributed by atoms with van der Waals surface area (Å²) in [6, 6.07) is 6.06. The summed E-state index contributed by atoms with van der Waals surface area (Å²) in [7, 11) is 0. The SMILES string of the molecule is NCc1ccc(-c2cnc3c(c2)CC2(CN4CCC2CC4)O3)o1. The average Bonchev–Trinajstić information content (AvgIpc) is 3.19. The number of nitrogens with two attached hydrogens (primary N) is 1. The molecule has 1 atom stereocenters. The van der Waals surface area contributed by atoms with Crippen molar-refractivity contribution in [2.45, 2.75) is 31.4 Å². The number of furan rings is 1. The Labute approximate surface area is 135 Å². The van der Waals surface area contributed by atoms with Crippen LogP contribution in [0, 0.1) is 5.92 Å². The van der Waals surface area contributed by atoms with E-state index in [2.05, 4.69) is 16.0 Å². The smallest absolute Gasteiger partial charge is 0.217 e. The van der Waals surface area contributed by atoms with Gasteiger partial charge in [-0.3, -0.25) is 4.90 Å². The maximum atomic E-state index is 6.38. The van der Waals surface area contributed by atoms with Crippen molar-refractivity contribution in [2.24, 2.45) is 11.7 Å². The summed E-state index contributed by atoms with van der Waals surface area (Å²) in [6.45, 7) is 3.90. The number of rotatable bonds is 2. The Morgan fingerprint density at radius 1 is 1.30 bits per heavy atom. The summed E-state index contributed by atoms with van der Waals surface area (Å²) in [4.78, 5) is 7.11. The first kappa shape index (κ1) is 13.6. The number of nitrogens with zero attached hydrogens (tertiary/aromatic N) is 2. The third kappa shape index (κ3) is 2.03. The molecule has 5 heteroatoms. The summed E-state index contributed by atoms with van der Waals surface area (Å²) in [5.74, 6) is 3.10. The highest BCUT2D eigenvalue weighted by atomic mass is 16.5. The highest BCUT2D eigenvalue weighted by Gasteiger charge is 2.52. The van der Waals surface area contributed by atoms with E-state index in [0.717, 1.165) is 35.9 Å². The van der Waals surface area contributed by atoms with E-state index in [-0.39, 0.29) is 5.60 Å². The highest BCUT2D eigenvalue weighted by molar-refractivity contribution is 5.59. The summed E-state index contributed by atoms with van der Waals surface area (Å²) in [5.41, 5.74) is 7.79. The molecule has 3 fully saturated rings. The molecule has 2 aromatic heterocycles. The molecule has 0 aromatic carbocycles. The van der Waals surface area contributed by atoms with Gasteiger partial charge < -0.3 is 14.9 Å². The lowest BCUT2D eigenvalue weighted by Gasteiger charge is -2.50. The molecule has 5 nitrogen and oxygen atoms in total.